The number of alkyl carbamates (subject to hydrolysis) is 1. The molecule has 458 valence electrons. The number of nitrogens with one attached hydrogen (secondary N) is 1. The van der Waals surface area contributed by atoms with Gasteiger partial charge in [0.1, 0.15) is 29.8 Å². The third kappa shape index (κ3) is 20.8. The van der Waals surface area contributed by atoms with Crippen LogP contribution in [0.15, 0.2) is 67.0 Å². The lowest BCUT2D eigenvalue weighted by atomic mass is 9.99. The summed E-state index contributed by atoms with van der Waals surface area (Å²) in [5, 5.41) is 7.15. The lowest BCUT2D eigenvalue weighted by Crippen LogP contribution is -2.55. The van der Waals surface area contributed by atoms with E-state index in [1.807, 2.05) is 67.5 Å². The quantitative estimate of drug-likeness (QED) is 0.113. The third-order valence-corrected chi connectivity index (χ3v) is 14.1. The van der Waals surface area contributed by atoms with Crippen LogP contribution in [0.25, 0.3) is 0 Å². The van der Waals surface area contributed by atoms with Crippen molar-refractivity contribution in [3.05, 3.63) is 89.2 Å². The number of hydrogen-bond acceptors (Lipinski definition) is 15. The highest BCUT2D eigenvalue weighted by Crippen LogP contribution is 2.25. The highest BCUT2D eigenvalue weighted by Gasteiger charge is 2.43. The van der Waals surface area contributed by atoms with Gasteiger partial charge >= 0.3 is 30.0 Å². The number of benzene rings is 2. The van der Waals surface area contributed by atoms with Gasteiger partial charge in [0.05, 0.1) is 12.7 Å². The highest BCUT2D eigenvalue weighted by molar-refractivity contribution is 5.94. The smallest absolute Gasteiger partial charge is 0.407 e. The van der Waals surface area contributed by atoms with Gasteiger partial charge in [-0.25, -0.2) is 24.0 Å². The van der Waals surface area contributed by atoms with Crippen LogP contribution in [0.3, 0.4) is 0 Å². The molecule has 1 aliphatic heterocycles. The van der Waals surface area contributed by atoms with Crippen molar-refractivity contribution in [2.75, 3.05) is 28.2 Å². The maximum Gasteiger partial charge on any atom is 0.407 e. The van der Waals surface area contributed by atoms with Gasteiger partial charge in [-0.05, 0) is 101 Å². The maximum absolute atomic E-state index is 15.1. The first-order valence-corrected chi connectivity index (χ1v) is 28.7. The van der Waals surface area contributed by atoms with Crippen molar-refractivity contribution < 1.29 is 66.8 Å². The fourth-order valence-corrected chi connectivity index (χ4v) is 9.56. The lowest BCUT2D eigenvalue weighted by Gasteiger charge is -2.35. The van der Waals surface area contributed by atoms with Crippen LogP contribution < -0.4 is 5.32 Å². The van der Waals surface area contributed by atoms with E-state index < -0.39 is 108 Å². The van der Waals surface area contributed by atoms with E-state index in [2.05, 4.69) is 10.4 Å². The molecular formula is C62H91N7O14. The van der Waals surface area contributed by atoms with E-state index in [-0.39, 0.29) is 68.7 Å². The average molecular weight is 1160 g/mol. The summed E-state index contributed by atoms with van der Waals surface area (Å²) in [5.41, 5.74) is 2.12. The van der Waals surface area contributed by atoms with E-state index in [4.69, 9.17) is 23.7 Å². The molecule has 1 aliphatic rings. The molecule has 0 unspecified atom stereocenters. The first kappa shape index (κ1) is 68.2. The molecule has 0 saturated carbocycles. The van der Waals surface area contributed by atoms with Crippen molar-refractivity contribution in [3.8, 4) is 0 Å². The molecule has 2 aromatic carbocycles. The number of cyclic esters (lactones) is 4. The van der Waals surface area contributed by atoms with E-state index in [0.717, 1.165) is 30.7 Å². The molecule has 1 N–H and O–H groups in total. The molecule has 3 aromatic rings. The number of nitrogens with zero attached hydrogens (tertiary/aromatic N) is 6. The molecule has 83 heavy (non-hydrogen) atoms. The Morgan fingerprint density at radius 1 is 0.518 bits per heavy atom. The zero-order chi connectivity index (χ0) is 62.2. The van der Waals surface area contributed by atoms with Crippen molar-refractivity contribution >= 4 is 53.6 Å². The number of carbonyl (C=O) groups is 9. The van der Waals surface area contributed by atoms with Crippen LogP contribution in [-0.2, 0) is 88.0 Å². The number of rotatable bonds is 16. The third-order valence-electron chi connectivity index (χ3n) is 14.1. The minimum Gasteiger partial charge on any atom is -0.451 e. The lowest BCUT2D eigenvalue weighted by molar-refractivity contribution is -0.176. The second-order valence-corrected chi connectivity index (χ2v) is 24.5. The summed E-state index contributed by atoms with van der Waals surface area (Å²) in [4.78, 5) is 134. The van der Waals surface area contributed by atoms with Crippen LogP contribution in [0.5, 0.6) is 0 Å². The molecule has 0 aliphatic carbocycles. The number of aromatic nitrogens is 2. The van der Waals surface area contributed by atoms with Crippen LogP contribution >= 0.6 is 0 Å². The fraction of sp³-hybridized carbons (Fsp3) is 0.613. The molecule has 5 amide bonds. The summed E-state index contributed by atoms with van der Waals surface area (Å²) in [6, 6.07) is 10.8. The number of carbonyl (C=O) groups excluding carboxylic acids is 9. The zero-order valence-corrected chi connectivity index (χ0v) is 51.8. The fourth-order valence-electron chi connectivity index (χ4n) is 9.56. The number of ether oxygens (including phenoxy) is 5. The summed E-state index contributed by atoms with van der Waals surface area (Å²) in [5.74, 6) is -7.53. The Labute approximate surface area is 490 Å². The first-order valence-electron chi connectivity index (χ1n) is 28.7. The Kier molecular flexibility index (Phi) is 25.3. The van der Waals surface area contributed by atoms with Gasteiger partial charge < -0.3 is 48.6 Å². The van der Waals surface area contributed by atoms with Gasteiger partial charge in [0.15, 0.2) is 24.4 Å². The van der Waals surface area contributed by atoms with Crippen molar-refractivity contribution in [1.82, 2.24) is 34.7 Å². The average Bonchev–Trinajstić information content (AvgIpc) is 4.08. The summed E-state index contributed by atoms with van der Waals surface area (Å²) >= 11 is 0. The van der Waals surface area contributed by atoms with E-state index >= 15 is 4.79 Å². The molecule has 0 bridgehead atoms. The van der Waals surface area contributed by atoms with Gasteiger partial charge in [-0.1, -0.05) is 110 Å². The monoisotopic (exact) mass is 1160 g/mol. The standard InChI is InChI=1S/C62H91N7O14/c1-37(2)27-47-57(74)79-42(10)54(71)66(15)50(30-40(7)8)60(77)82-52(32-44-23-25-45(26-24-44)35-69-36-46(34-64-69)33-63-61(78)83-62(11,12)13)56(73)68(17)48(28-38(3)4)58(75)80-41(9)53(70)65(14)49(29-39(5)6)59(76)81-51(55(72)67(47)16)31-43-21-19-18-20-22-43/h18-26,34,36-42,47-52H,27-33,35H2,1-17H3,(H,63,78)/t41-,42-,47+,48+,49+,50+,51-,52-/m1/s1. The molecule has 1 aromatic heterocycles. The molecule has 8 atom stereocenters. The Bertz CT molecular complexity index is 2670. The second-order valence-electron chi connectivity index (χ2n) is 24.5. The van der Waals surface area contributed by atoms with Crippen molar-refractivity contribution in [1.29, 1.82) is 0 Å². The Hall–Kier alpha value is -7.32. The summed E-state index contributed by atoms with van der Waals surface area (Å²) in [6.07, 6.45) is -3.17. The van der Waals surface area contributed by atoms with Gasteiger partial charge in [0.2, 0.25) is 0 Å². The normalized spacial score (nSPS) is 22.9. The minimum absolute atomic E-state index is 0.0643. The van der Waals surface area contributed by atoms with Crippen molar-refractivity contribution in [2.45, 2.75) is 196 Å². The minimum atomic E-state index is -1.57. The largest absolute Gasteiger partial charge is 0.451 e. The van der Waals surface area contributed by atoms with Gasteiger partial charge in [0, 0.05) is 59.3 Å². The maximum atomic E-state index is 15.1. The van der Waals surface area contributed by atoms with Gasteiger partial charge in [-0.3, -0.25) is 23.9 Å². The molecule has 2 heterocycles. The van der Waals surface area contributed by atoms with Crippen molar-refractivity contribution in [2.24, 2.45) is 23.7 Å². The van der Waals surface area contributed by atoms with E-state index in [0.29, 0.717) is 17.7 Å². The van der Waals surface area contributed by atoms with Crippen LogP contribution in [0.2, 0.25) is 0 Å². The predicted octanol–water partition coefficient (Wildman–Crippen LogP) is 6.93. The Morgan fingerprint density at radius 3 is 1.24 bits per heavy atom. The van der Waals surface area contributed by atoms with Gasteiger partial charge in [-0.2, -0.15) is 5.10 Å². The van der Waals surface area contributed by atoms with E-state index in [1.165, 1.54) is 42.0 Å². The number of likely N-dealkylation sites (N-methyl/N-ethyl adjacent to an activating group) is 4. The summed E-state index contributed by atoms with van der Waals surface area (Å²) in [6.45, 7) is 23.3. The van der Waals surface area contributed by atoms with Crippen LogP contribution in [0.1, 0.15) is 138 Å². The van der Waals surface area contributed by atoms with Gasteiger partial charge in [-0.15, -0.1) is 0 Å². The molecule has 21 nitrogen and oxygen atoms in total. The van der Waals surface area contributed by atoms with Crippen LogP contribution in [-0.4, -0.2) is 165 Å². The number of esters is 4. The zero-order valence-electron chi connectivity index (χ0n) is 51.8. The molecular weight excluding hydrogens is 1070 g/mol. The van der Waals surface area contributed by atoms with Crippen molar-refractivity contribution in [3.63, 3.8) is 0 Å². The first-order chi connectivity index (χ1) is 38.8. The van der Waals surface area contributed by atoms with E-state index in [1.54, 1.807) is 80.3 Å². The predicted molar refractivity (Wildman–Crippen MR) is 310 cm³/mol. The summed E-state index contributed by atoms with van der Waals surface area (Å²) < 4.78 is 31.1. The molecule has 4 rings (SSSR count). The topological polar surface area (TPSA) is 243 Å². The Balaban J connectivity index is 1.80. The number of amides is 5. The SMILES string of the molecule is CC(C)C[C@H]1C(=O)O[C@H](Cc2ccc(Cn3cc(CNC(=O)OC(C)(C)C)cn3)cc2)C(=O)N(C)[C@@H](CC(C)C)C(=O)O[C@H](C)C(=O)N(C)[C@@H](CC(C)C)C(=O)O[C@H](Cc2ccccc2)C(=O)N(C)[C@@H](CC(C)C)C(=O)O[C@H](C)C(=O)N1C. The number of hydrogen-bond donors (Lipinski definition) is 1. The second kappa shape index (κ2) is 30.8. The molecule has 0 spiro atoms. The van der Waals surface area contributed by atoms with Crippen LogP contribution in [0.4, 0.5) is 4.79 Å². The molecule has 1 saturated heterocycles. The van der Waals surface area contributed by atoms with E-state index in [9.17, 15) is 38.4 Å². The van der Waals surface area contributed by atoms with Crippen LogP contribution in [0, 0.1) is 23.7 Å². The summed E-state index contributed by atoms with van der Waals surface area (Å²) in [7, 11) is 5.52. The Morgan fingerprint density at radius 2 is 0.867 bits per heavy atom. The molecule has 21 heteroatoms. The highest BCUT2D eigenvalue weighted by atomic mass is 16.6. The molecule has 0 radical (unpaired) electrons. The van der Waals surface area contributed by atoms with Gasteiger partial charge in [0.25, 0.3) is 23.6 Å². The molecule has 1 fully saturated rings.